The van der Waals surface area contributed by atoms with E-state index in [0.29, 0.717) is 16.5 Å². The number of aliphatic carboxylic acids is 1. The quantitative estimate of drug-likeness (QED) is 0.759. The van der Waals surface area contributed by atoms with Crippen molar-refractivity contribution in [3.63, 3.8) is 0 Å². The molecule has 23 heavy (non-hydrogen) atoms. The van der Waals surface area contributed by atoms with Gasteiger partial charge in [-0.2, -0.15) is 0 Å². The first-order valence-electron chi connectivity index (χ1n) is 6.97. The van der Waals surface area contributed by atoms with Crippen LogP contribution in [-0.2, 0) is 4.79 Å². The summed E-state index contributed by atoms with van der Waals surface area (Å²) in [5, 5.41) is 16.4. The molecule has 0 radical (unpaired) electrons. The second-order valence-corrected chi connectivity index (χ2v) is 4.85. The van der Waals surface area contributed by atoms with Crippen LogP contribution in [-0.4, -0.2) is 22.3 Å². The van der Waals surface area contributed by atoms with Crippen molar-refractivity contribution in [2.24, 2.45) is 0 Å². The van der Waals surface area contributed by atoms with Crippen molar-refractivity contribution in [2.45, 2.75) is 13.0 Å². The summed E-state index contributed by atoms with van der Waals surface area (Å²) in [5.41, 5.74) is 2.12. The number of carboxylic acid groups (broad SMARTS) is 1. The smallest absolute Gasteiger partial charge is 0.332 e. The molecule has 0 saturated heterocycles. The van der Waals surface area contributed by atoms with Gasteiger partial charge in [0.05, 0.1) is 10.9 Å². The van der Waals surface area contributed by atoms with Crippen LogP contribution < -0.4 is 5.43 Å². The Labute approximate surface area is 132 Å². The van der Waals surface area contributed by atoms with E-state index in [1.807, 2.05) is 42.5 Å². The Morgan fingerprint density at radius 3 is 2.22 bits per heavy atom. The normalized spacial score (nSPS) is 11.4. The summed E-state index contributed by atoms with van der Waals surface area (Å²) in [6, 6.07) is 16.8. The molecule has 3 rings (SSSR count). The highest BCUT2D eigenvalue weighted by molar-refractivity contribution is 5.81. The van der Waals surface area contributed by atoms with E-state index in [0.717, 1.165) is 5.56 Å². The Morgan fingerprint density at radius 2 is 1.61 bits per heavy atom. The van der Waals surface area contributed by atoms with Crippen molar-refractivity contribution in [3.05, 3.63) is 71.1 Å². The minimum Gasteiger partial charge on any atom is -0.479 e. The summed E-state index contributed by atoms with van der Waals surface area (Å²) in [5.74, 6) is -1.19. The van der Waals surface area contributed by atoms with Crippen LogP contribution in [0, 0.1) is 0 Å². The van der Waals surface area contributed by atoms with Crippen LogP contribution in [0.4, 0.5) is 0 Å². The molecule has 5 heteroatoms. The largest absolute Gasteiger partial charge is 0.479 e. The Hall–Kier alpha value is -2.92. The SMILES string of the molecule is CC(O)C(=O)O.O=c1c(-c2ccccc2)coc2ccccc12. The van der Waals surface area contributed by atoms with Gasteiger partial charge < -0.3 is 14.6 Å². The molecule has 0 aliphatic heterocycles. The van der Waals surface area contributed by atoms with Gasteiger partial charge in [-0.15, -0.1) is 0 Å². The van der Waals surface area contributed by atoms with Crippen LogP contribution in [0.1, 0.15) is 6.92 Å². The minimum atomic E-state index is -1.23. The first-order chi connectivity index (χ1) is 11.0. The van der Waals surface area contributed by atoms with Gasteiger partial charge >= 0.3 is 5.97 Å². The third kappa shape index (κ3) is 4.05. The van der Waals surface area contributed by atoms with Gasteiger partial charge in [0.1, 0.15) is 18.0 Å². The van der Waals surface area contributed by atoms with Gasteiger partial charge in [0.25, 0.3) is 0 Å². The molecule has 2 N–H and O–H groups in total. The molecular formula is C18H16O5. The molecule has 0 fully saturated rings. The lowest BCUT2D eigenvalue weighted by Gasteiger charge is -2.01. The van der Waals surface area contributed by atoms with Gasteiger partial charge in [-0.3, -0.25) is 4.79 Å². The molecule has 2 aromatic carbocycles. The van der Waals surface area contributed by atoms with E-state index in [-0.39, 0.29) is 5.43 Å². The molecule has 0 aliphatic carbocycles. The fourth-order valence-electron chi connectivity index (χ4n) is 1.89. The van der Waals surface area contributed by atoms with Gasteiger partial charge in [0, 0.05) is 0 Å². The van der Waals surface area contributed by atoms with E-state index in [9.17, 15) is 9.59 Å². The number of benzene rings is 2. The minimum absolute atomic E-state index is 0.0121. The molecule has 1 unspecified atom stereocenters. The van der Waals surface area contributed by atoms with Crippen LogP contribution in [0.25, 0.3) is 22.1 Å². The molecule has 118 valence electrons. The Kier molecular flexibility index (Phi) is 5.28. The number of para-hydroxylation sites is 1. The topological polar surface area (TPSA) is 87.7 Å². The lowest BCUT2D eigenvalue weighted by atomic mass is 10.1. The maximum absolute atomic E-state index is 12.3. The lowest BCUT2D eigenvalue weighted by molar-refractivity contribution is -0.145. The highest BCUT2D eigenvalue weighted by Crippen LogP contribution is 2.18. The van der Waals surface area contributed by atoms with Crippen molar-refractivity contribution in [3.8, 4) is 11.1 Å². The zero-order valence-electron chi connectivity index (χ0n) is 12.5. The molecule has 1 aromatic heterocycles. The predicted molar refractivity (Wildman–Crippen MR) is 87.2 cm³/mol. The number of rotatable bonds is 2. The Balaban J connectivity index is 0.000000277. The van der Waals surface area contributed by atoms with Gasteiger partial charge in [0.15, 0.2) is 5.43 Å². The summed E-state index contributed by atoms with van der Waals surface area (Å²) >= 11 is 0. The van der Waals surface area contributed by atoms with E-state index in [4.69, 9.17) is 14.6 Å². The molecule has 5 nitrogen and oxygen atoms in total. The highest BCUT2D eigenvalue weighted by atomic mass is 16.4. The zero-order chi connectivity index (χ0) is 16.8. The molecule has 1 atom stereocenters. The van der Waals surface area contributed by atoms with Crippen LogP contribution in [0.3, 0.4) is 0 Å². The van der Waals surface area contributed by atoms with Crippen molar-refractivity contribution in [1.29, 1.82) is 0 Å². The summed E-state index contributed by atoms with van der Waals surface area (Å²) in [6.07, 6.45) is 0.296. The standard InChI is InChI=1S/C15H10O2.C3H6O3/c16-15-12-8-4-5-9-14(12)17-10-13(15)11-6-2-1-3-7-11;1-2(4)3(5)6/h1-10H;2,4H,1H3,(H,5,6). The van der Waals surface area contributed by atoms with Crippen LogP contribution in [0.5, 0.6) is 0 Å². The van der Waals surface area contributed by atoms with Crippen LogP contribution in [0.15, 0.2) is 70.1 Å². The average Bonchev–Trinajstić information content (AvgIpc) is 2.57. The molecule has 0 bridgehead atoms. The van der Waals surface area contributed by atoms with Crippen molar-refractivity contribution in [1.82, 2.24) is 0 Å². The number of hydrogen-bond acceptors (Lipinski definition) is 4. The second kappa shape index (κ2) is 7.38. The molecular weight excluding hydrogens is 296 g/mol. The first kappa shape index (κ1) is 16.5. The van der Waals surface area contributed by atoms with E-state index in [1.54, 1.807) is 12.1 Å². The van der Waals surface area contributed by atoms with E-state index >= 15 is 0 Å². The van der Waals surface area contributed by atoms with E-state index in [1.165, 1.54) is 13.2 Å². The van der Waals surface area contributed by atoms with Crippen LogP contribution >= 0.6 is 0 Å². The molecule has 0 aliphatic rings. The summed E-state index contributed by atoms with van der Waals surface area (Å²) < 4.78 is 5.48. The van der Waals surface area contributed by atoms with Gasteiger partial charge in [-0.25, -0.2) is 4.79 Å². The molecule has 1 heterocycles. The van der Waals surface area contributed by atoms with Crippen molar-refractivity contribution in [2.75, 3.05) is 0 Å². The van der Waals surface area contributed by atoms with Crippen molar-refractivity contribution < 1.29 is 19.4 Å². The maximum Gasteiger partial charge on any atom is 0.332 e. The molecule has 3 aromatic rings. The van der Waals surface area contributed by atoms with E-state index < -0.39 is 12.1 Å². The highest BCUT2D eigenvalue weighted by Gasteiger charge is 2.07. The zero-order valence-corrected chi connectivity index (χ0v) is 12.5. The van der Waals surface area contributed by atoms with E-state index in [2.05, 4.69) is 0 Å². The number of aliphatic hydroxyl groups is 1. The number of aliphatic hydroxyl groups excluding tert-OH is 1. The predicted octanol–water partition coefficient (Wildman–Crippen LogP) is 2.91. The summed E-state index contributed by atoms with van der Waals surface area (Å²) in [7, 11) is 0. The number of fused-ring (bicyclic) bond motifs is 1. The Bertz CT molecular complexity index is 850. The van der Waals surface area contributed by atoms with Crippen LogP contribution in [0.2, 0.25) is 0 Å². The Morgan fingerprint density at radius 1 is 1.04 bits per heavy atom. The maximum atomic E-state index is 12.3. The molecule has 0 spiro atoms. The lowest BCUT2D eigenvalue weighted by Crippen LogP contribution is -2.13. The number of hydrogen-bond donors (Lipinski definition) is 2. The van der Waals surface area contributed by atoms with Gasteiger partial charge in [-0.05, 0) is 24.6 Å². The summed E-state index contributed by atoms with van der Waals surface area (Å²) in [6.45, 7) is 1.20. The summed E-state index contributed by atoms with van der Waals surface area (Å²) in [4.78, 5) is 21.7. The third-order valence-corrected chi connectivity index (χ3v) is 3.12. The fraction of sp³-hybridized carbons (Fsp3) is 0.111. The molecule has 0 amide bonds. The molecule has 0 saturated carbocycles. The number of carbonyl (C=O) groups is 1. The average molecular weight is 312 g/mol. The van der Waals surface area contributed by atoms with Gasteiger partial charge in [0.2, 0.25) is 0 Å². The van der Waals surface area contributed by atoms with Gasteiger partial charge in [-0.1, -0.05) is 42.5 Å². The third-order valence-electron chi connectivity index (χ3n) is 3.12. The van der Waals surface area contributed by atoms with Crippen molar-refractivity contribution >= 4 is 16.9 Å². The number of carboxylic acids is 1. The fourth-order valence-corrected chi connectivity index (χ4v) is 1.89. The second-order valence-electron chi connectivity index (χ2n) is 4.85. The first-order valence-corrected chi connectivity index (χ1v) is 6.97. The monoisotopic (exact) mass is 312 g/mol.